The van der Waals surface area contributed by atoms with Gasteiger partial charge in [-0.25, -0.2) is 9.37 Å². The number of carbonyl (C=O) groups excluding carboxylic acids is 1. The van der Waals surface area contributed by atoms with Crippen LogP contribution in [0.3, 0.4) is 0 Å². The number of ether oxygens (including phenoxy) is 2. The van der Waals surface area contributed by atoms with E-state index in [4.69, 9.17) is 21.1 Å². The lowest BCUT2D eigenvalue weighted by molar-refractivity contribution is -0.118. The Kier molecular flexibility index (Phi) is 4.94. The fraction of sp³-hybridized carbons (Fsp3) is 0.143. The van der Waals surface area contributed by atoms with E-state index in [-0.39, 0.29) is 23.3 Å². The molecule has 0 saturated heterocycles. The smallest absolute Gasteiger partial charge is 0.262 e. The average Bonchev–Trinajstić information content (AvgIpc) is 2.47. The molecule has 110 valence electrons. The van der Waals surface area contributed by atoms with E-state index in [9.17, 15) is 9.18 Å². The van der Waals surface area contributed by atoms with Crippen molar-refractivity contribution in [1.29, 1.82) is 0 Å². The highest BCUT2D eigenvalue weighted by atomic mass is 35.5. The van der Waals surface area contributed by atoms with E-state index in [2.05, 4.69) is 10.3 Å². The first-order valence-corrected chi connectivity index (χ1v) is 6.34. The SMILES string of the molecule is COc1ccc(NC(=O)COc2ccc(F)cc2Cl)cn1. The number of halogens is 2. The van der Waals surface area contributed by atoms with Crippen LogP contribution in [0.25, 0.3) is 0 Å². The van der Waals surface area contributed by atoms with E-state index in [1.807, 2.05) is 0 Å². The molecule has 0 atom stereocenters. The molecule has 0 spiro atoms. The zero-order valence-electron chi connectivity index (χ0n) is 11.1. The van der Waals surface area contributed by atoms with Gasteiger partial charge in [-0.15, -0.1) is 0 Å². The normalized spacial score (nSPS) is 10.0. The third-order valence-corrected chi connectivity index (χ3v) is 2.78. The first kappa shape index (κ1) is 15.1. The second-order valence-corrected chi connectivity index (χ2v) is 4.41. The largest absolute Gasteiger partial charge is 0.482 e. The summed E-state index contributed by atoms with van der Waals surface area (Å²) in [6.07, 6.45) is 1.46. The number of anilines is 1. The minimum atomic E-state index is -0.471. The molecule has 1 aromatic heterocycles. The Morgan fingerprint density at radius 3 is 2.81 bits per heavy atom. The van der Waals surface area contributed by atoms with Crippen molar-refractivity contribution in [2.45, 2.75) is 0 Å². The second-order valence-electron chi connectivity index (χ2n) is 4.00. The molecule has 0 bridgehead atoms. The Labute approximate surface area is 125 Å². The highest BCUT2D eigenvalue weighted by Gasteiger charge is 2.07. The standard InChI is InChI=1S/C14H12ClFN2O3/c1-20-14-5-3-10(7-17-14)18-13(19)8-21-12-4-2-9(16)6-11(12)15/h2-7H,8H2,1H3,(H,18,19). The molecule has 5 nitrogen and oxygen atoms in total. The second kappa shape index (κ2) is 6.90. The average molecular weight is 311 g/mol. The van der Waals surface area contributed by atoms with Crippen LogP contribution in [0.5, 0.6) is 11.6 Å². The lowest BCUT2D eigenvalue weighted by Crippen LogP contribution is -2.20. The fourth-order valence-electron chi connectivity index (χ4n) is 1.51. The molecule has 0 unspecified atom stereocenters. The number of aromatic nitrogens is 1. The van der Waals surface area contributed by atoms with Crippen LogP contribution >= 0.6 is 11.6 Å². The molecule has 0 radical (unpaired) electrons. The predicted molar refractivity (Wildman–Crippen MR) is 76.3 cm³/mol. The van der Waals surface area contributed by atoms with Crippen LogP contribution in [-0.4, -0.2) is 24.6 Å². The Bertz CT molecular complexity index is 635. The fourth-order valence-corrected chi connectivity index (χ4v) is 1.73. The summed E-state index contributed by atoms with van der Waals surface area (Å²) in [5.41, 5.74) is 0.509. The molecular weight excluding hydrogens is 299 g/mol. The summed E-state index contributed by atoms with van der Waals surface area (Å²) in [6.45, 7) is -0.253. The first-order valence-electron chi connectivity index (χ1n) is 5.96. The van der Waals surface area contributed by atoms with Gasteiger partial charge in [0.2, 0.25) is 5.88 Å². The van der Waals surface area contributed by atoms with Gasteiger partial charge in [0.15, 0.2) is 6.61 Å². The van der Waals surface area contributed by atoms with Crippen LogP contribution in [0.2, 0.25) is 5.02 Å². The van der Waals surface area contributed by atoms with Crippen LogP contribution in [0.1, 0.15) is 0 Å². The highest BCUT2D eigenvalue weighted by molar-refractivity contribution is 6.32. The van der Waals surface area contributed by atoms with Crippen molar-refractivity contribution in [2.75, 3.05) is 19.0 Å². The predicted octanol–water partition coefficient (Wildman–Crippen LogP) is 2.90. The maximum absolute atomic E-state index is 12.9. The molecule has 7 heteroatoms. The van der Waals surface area contributed by atoms with E-state index in [0.717, 1.165) is 6.07 Å². The number of carbonyl (C=O) groups is 1. The van der Waals surface area contributed by atoms with E-state index in [1.54, 1.807) is 12.1 Å². The van der Waals surface area contributed by atoms with Crippen molar-refractivity contribution in [3.05, 3.63) is 47.4 Å². The summed E-state index contributed by atoms with van der Waals surface area (Å²) in [5.74, 6) is -0.174. The molecule has 1 amide bonds. The minimum absolute atomic E-state index is 0.105. The molecule has 1 aromatic carbocycles. The van der Waals surface area contributed by atoms with Crippen molar-refractivity contribution in [2.24, 2.45) is 0 Å². The van der Waals surface area contributed by atoms with Gasteiger partial charge in [-0.2, -0.15) is 0 Å². The maximum atomic E-state index is 12.9. The Morgan fingerprint density at radius 2 is 2.19 bits per heavy atom. The summed E-state index contributed by atoms with van der Waals surface area (Å²) in [4.78, 5) is 15.7. The van der Waals surface area contributed by atoms with Crippen molar-refractivity contribution < 1.29 is 18.7 Å². The summed E-state index contributed by atoms with van der Waals surface area (Å²) < 4.78 is 23.0. The number of hydrogen-bond donors (Lipinski definition) is 1. The number of rotatable bonds is 5. The number of hydrogen-bond acceptors (Lipinski definition) is 4. The monoisotopic (exact) mass is 310 g/mol. The number of benzene rings is 1. The molecule has 0 aliphatic rings. The third kappa shape index (κ3) is 4.32. The van der Waals surface area contributed by atoms with Crippen LogP contribution < -0.4 is 14.8 Å². The lowest BCUT2D eigenvalue weighted by atomic mass is 10.3. The molecule has 0 aliphatic heterocycles. The Balaban J connectivity index is 1.89. The van der Waals surface area contributed by atoms with Gasteiger partial charge in [0, 0.05) is 6.07 Å². The molecule has 1 heterocycles. The van der Waals surface area contributed by atoms with Gasteiger partial charge in [0.05, 0.1) is 24.0 Å². The van der Waals surface area contributed by atoms with Gasteiger partial charge >= 0.3 is 0 Å². The maximum Gasteiger partial charge on any atom is 0.262 e. The zero-order valence-corrected chi connectivity index (χ0v) is 11.9. The summed E-state index contributed by atoms with van der Waals surface area (Å²) >= 11 is 5.79. The Hall–Kier alpha value is -2.34. The molecule has 2 rings (SSSR count). The Morgan fingerprint density at radius 1 is 1.38 bits per heavy atom. The van der Waals surface area contributed by atoms with E-state index in [1.165, 1.54) is 25.4 Å². The number of amides is 1. The van der Waals surface area contributed by atoms with Gasteiger partial charge in [-0.1, -0.05) is 11.6 Å². The van der Waals surface area contributed by atoms with Gasteiger partial charge < -0.3 is 14.8 Å². The van der Waals surface area contributed by atoms with Gasteiger partial charge in [-0.3, -0.25) is 4.79 Å². The van der Waals surface area contributed by atoms with Crippen molar-refractivity contribution >= 4 is 23.2 Å². The van der Waals surface area contributed by atoms with Gasteiger partial charge in [0.1, 0.15) is 11.6 Å². The first-order chi connectivity index (χ1) is 10.1. The zero-order chi connectivity index (χ0) is 15.2. The van der Waals surface area contributed by atoms with Crippen molar-refractivity contribution in [1.82, 2.24) is 4.98 Å². The quantitative estimate of drug-likeness (QED) is 0.922. The van der Waals surface area contributed by atoms with Crippen LogP contribution in [0.4, 0.5) is 10.1 Å². The summed E-state index contributed by atoms with van der Waals surface area (Å²) in [5, 5.41) is 2.70. The molecule has 0 fully saturated rings. The molecule has 1 N–H and O–H groups in total. The van der Waals surface area contributed by atoms with Crippen molar-refractivity contribution in [3.63, 3.8) is 0 Å². The number of nitrogens with one attached hydrogen (secondary N) is 1. The number of pyridine rings is 1. The van der Waals surface area contributed by atoms with E-state index < -0.39 is 5.82 Å². The molecular formula is C14H12ClFN2O3. The lowest BCUT2D eigenvalue weighted by Gasteiger charge is -2.09. The van der Waals surface area contributed by atoms with E-state index in [0.29, 0.717) is 11.6 Å². The van der Waals surface area contributed by atoms with Crippen LogP contribution in [0, 0.1) is 5.82 Å². The summed E-state index contributed by atoms with van der Waals surface area (Å²) in [6, 6.07) is 6.94. The van der Waals surface area contributed by atoms with Crippen LogP contribution in [0.15, 0.2) is 36.5 Å². The topological polar surface area (TPSA) is 60.5 Å². The van der Waals surface area contributed by atoms with Crippen LogP contribution in [-0.2, 0) is 4.79 Å². The summed E-state index contributed by atoms with van der Waals surface area (Å²) in [7, 11) is 1.50. The molecule has 0 aliphatic carbocycles. The van der Waals surface area contributed by atoms with Crippen molar-refractivity contribution in [3.8, 4) is 11.6 Å². The minimum Gasteiger partial charge on any atom is -0.482 e. The molecule has 21 heavy (non-hydrogen) atoms. The molecule has 0 saturated carbocycles. The number of methoxy groups -OCH3 is 1. The van der Waals surface area contributed by atoms with Gasteiger partial charge in [-0.05, 0) is 24.3 Å². The molecule has 2 aromatic rings. The van der Waals surface area contributed by atoms with Gasteiger partial charge in [0.25, 0.3) is 5.91 Å². The van der Waals surface area contributed by atoms with E-state index >= 15 is 0 Å². The number of nitrogens with zero attached hydrogens (tertiary/aromatic N) is 1. The highest BCUT2D eigenvalue weighted by Crippen LogP contribution is 2.24. The third-order valence-electron chi connectivity index (χ3n) is 2.48.